The summed E-state index contributed by atoms with van der Waals surface area (Å²) >= 11 is 0. The van der Waals surface area contributed by atoms with Gasteiger partial charge in [-0.05, 0) is 57.2 Å². The summed E-state index contributed by atoms with van der Waals surface area (Å²) in [5.74, 6) is 1.15. The highest BCUT2D eigenvalue weighted by molar-refractivity contribution is 6.04. The summed E-state index contributed by atoms with van der Waals surface area (Å²) in [6.07, 6.45) is 0. The maximum Gasteiger partial charge on any atom is 0.322 e. The maximum absolute atomic E-state index is 12.5. The van der Waals surface area contributed by atoms with Crippen LogP contribution in [-0.2, 0) is 0 Å². The van der Waals surface area contributed by atoms with Gasteiger partial charge in [-0.15, -0.1) is 0 Å². The van der Waals surface area contributed by atoms with E-state index in [9.17, 15) is 4.79 Å². The van der Waals surface area contributed by atoms with Crippen LogP contribution in [0.5, 0.6) is 17.5 Å². The van der Waals surface area contributed by atoms with Crippen molar-refractivity contribution in [3.8, 4) is 17.5 Å². The van der Waals surface area contributed by atoms with Gasteiger partial charge in [0.05, 0.1) is 23.7 Å². The number of amides is 1. The van der Waals surface area contributed by atoms with Crippen LogP contribution in [0.25, 0.3) is 0 Å². The quantitative estimate of drug-likeness (QED) is 0.696. The zero-order valence-corrected chi connectivity index (χ0v) is 15.5. The van der Waals surface area contributed by atoms with Gasteiger partial charge in [0.15, 0.2) is 0 Å². The Morgan fingerprint density at radius 2 is 1.56 bits per heavy atom. The molecule has 1 N–H and O–H groups in total. The highest BCUT2D eigenvalue weighted by atomic mass is 16.5. The molecule has 6 heteroatoms. The van der Waals surface area contributed by atoms with Crippen molar-refractivity contribution in [3.05, 3.63) is 71.5 Å². The van der Waals surface area contributed by atoms with Gasteiger partial charge in [-0.1, -0.05) is 18.2 Å². The molecule has 0 aliphatic heterocycles. The van der Waals surface area contributed by atoms with E-state index >= 15 is 0 Å². The van der Waals surface area contributed by atoms with E-state index < -0.39 is 0 Å². The van der Waals surface area contributed by atoms with Gasteiger partial charge >= 0.3 is 6.01 Å². The number of aryl methyl sites for hydroxylation is 2. The summed E-state index contributed by atoms with van der Waals surface area (Å²) in [4.78, 5) is 21.2. The second kappa shape index (κ2) is 8.31. The Morgan fingerprint density at radius 1 is 0.926 bits per heavy atom. The van der Waals surface area contributed by atoms with Crippen LogP contribution in [0, 0.1) is 13.8 Å². The summed E-state index contributed by atoms with van der Waals surface area (Å²) < 4.78 is 11.1. The number of carbonyl (C=O) groups excluding carboxylic acids is 1. The summed E-state index contributed by atoms with van der Waals surface area (Å²) in [5.41, 5.74) is 2.37. The summed E-state index contributed by atoms with van der Waals surface area (Å²) in [7, 11) is 0. The van der Waals surface area contributed by atoms with Crippen molar-refractivity contribution >= 4 is 11.6 Å². The van der Waals surface area contributed by atoms with Crippen molar-refractivity contribution in [2.24, 2.45) is 0 Å². The van der Waals surface area contributed by atoms with Gasteiger partial charge in [0, 0.05) is 5.56 Å². The van der Waals surface area contributed by atoms with Crippen molar-refractivity contribution in [1.82, 2.24) is 9.97 Å². The van der Waals surface area contributed by atoms with Crippen LogP contribution >= 0.6 is 0 Å². The Kier molecular flexibility index (Phi) is 5.66. The van der Waals surface area contributed by atoms with Crippen molar-refractivity contribution < 1.29 is 14.3 Å². The molecule has 0 bridgehead atoms. The van der Waals surface area contributed by atoms with Gasteiger partial charge in [0.2, 0.25) is 0 Å². The normalized spacial score (nSPS) is 10.3. The number of hydrogen-bond donors (Lipinski definition) is 1. The Balaban J connectivity index is 1.75. The van der Waals surface area contributed by atoms with Crippen LogP contribution < -0.4 is 14.8 Å². The third-order valence-corrected chi connectivity index (χ3v) is 3.87. The lowest BCUT2D eigenvalue weighted by molar-refractivity contribution is 0.102. The summed E-state index contributed by atoms with van der Waals surface area (Å²) in [5, 5.41) is 2.88. The highest BCUT2D eigenvalue weighted by Gasteiger charge is 2.14. The third kappa shape index (κ3) is 4.61. The molecule has 3 rings (SSSR count). The number of rotatable bonds is 6. The number of anilines is 1. The Morgan fingerprint density at radius 3 is 2.15 bits per heavy atom. The molecule has 0 aliphatic rings. The largest absolute Gasteiger partial charge is 0.494 e. The smallest absolute Gasteiger partial charge is 0.322 e. The number of ether oxygens (including phenoxy) is 2. The number of aromatic nitrogens is 2. The molecule has 1 heterocycles. The molecule has 0 saturated heterocycles. The maximum atomic E-state index is 12.5. The van der Waals surface area contributed by atoms with Gasteiger partial charge in [-0.3, -0.25) is 4.79 Å². The van der Waals surface area contributed by atoms with Gasteiger partial charge in [-0.25, -0.2) is 0 Å². The van der Waals surface area contributed by atoms with Crippen molar-refractivity contribution in [2.75, 3.05) is 11.9 Å². The fourth-order valence-electron chi connectivity index (χ4n) is 2.56. The van der Waals surface area contributed by atoms with Gasteiger partial charge in [0.25, 0.3) is 5.91 Å². The van der Waals surface area contributed by atoms with Crippen LogP contribution in [0.3, 0.4) is 0 Å². The zero-order valence-electron chi connectivity index (χ0n) is 15.5. The molecule has 0 aliphatic carbocycles. The van der Waals surface area contributed by atoms with Crippen molar-refractivity contribution in [3.63, 3.8) is 0 Å². The predicted molar refractivity (Wildman–Crippen MR) is 104 cm³/mol. The number of nitrogens with zero attached hydrogens (tertiary/aromatic N) is 2. The van der Waals surface area contributed by atoms with E-state index in [1.807, 2.05) is 37.3 Å². The Labute approximate surface area is 158 Å². The van der Waals surface area contributed by atoms with Crippen molar-refractivity contribution in [2.45, 2.75) is 20.8 Å². The number of benzene rings is 2. The van der Waals surface area contributed by atoms with Gasteiger partial charge < -0.3 is 14.8 Å². The first-order valence-electron chi connectivity index (χ1n) is 8.69. The number of para-hydroxylation sites is 1. The van der Waals surface area contributed by atoms with Gasteiger partial charge in [-0.2, -0.15) is 9.97 Å². The van der Waals surface area contributed by atoms with Crippen LogP contribution in [-0.4, -0.2) is 22.5 Å². The zero-order chi connectivity index (χ0) is 19.2. The molecule has 0 atom stereocenters. The van der Waals surface area contributed by atoms with E-state index in [-0.39, 0.29) is 11.9 Å². The molecule has 0 spiro atoms. The molecular formula is C21H21N3O3. The molecule has 6 nitrogen and oxygen atoms in total. The van der Waals surface area contributed by atoms with E-state index in [0.29, 0.717) is 35.0 Å². The fourth-order valence-corrected chi connectivity index (χ4v) is 2.56. The molecule has 0 radical (unpaired) electrons. The Bertz CT molecular complexity index is 902. The highest BCUT2D eigenvalue weighted by Crippen LogP contribution is 2.24. The standard InChI is InChI=1S/C21H21N3O3/c1-4-26-17-12-10-16(11-13-17)20(25)24-19-14(2)22-21(23-15(19)3)27-18-8-6-5-7-9-18/h5-13H,4H2,1-3H3,(H,24,25). The average Bonchev–Trinajstić information content (AvgIpc) is 2.66. The topological polar surface area (TPSA) is 73.3 Å². The lowest BCUT2D eigenvalue weighted by Crippen LogP contribution is -2.15. The van der Waals surface area contributed by atoms with Crippen LogP contribution in [0.1, 0.15) is 28.7 Å². The van der Waals surface area contributed by atoms with Crippen LogP contribution in [0.2, 0.25) is 0 Å². The number of hydrogen-bond acceptors (Lipinski definition) is 5. The number of carbonyl (C=O) groups is 1. The second-order valence-corrected chi connectivity index (χ2v) is 5.88. The summed E-state index contributed by atoms with van der Waals surface area (Å²) in [6, 6.07) is 16.5. The van der Waals surface area contributed by atoms with Crippen LogP contribution in [0.4, 0.5) is 5.69 Å². The molecule has 3 aromatic rings. The third-order valence-electron chi connectivity index (χ3n) is 3.87. The first-order chi connectivity index (χ1) is 13.1. The lowest BCUT2D eigenvalue weighted by Gasteiger charge is -2.12. The Hall–Kier alpha value is -3.41. The fraction of sp³-hybridized carbons (Fsp3) is 0.190. The predicted octanol–water partition coefficient (Wildman–Crippen LogP) is 4.54. The average molecular weight is 363 g/mol. The van der Waals surface area contributed by atoms with Crippen molar-refractivity contribution in [1.29, 1.82) is 0 Å². The molecule has 138 valence electrons. The van der Waals surface area contributed by atoms with Crippen LogP contribution in [0.15, 0.2) is 54.6 Å². The molecule has 2 aromatic carbocycles. The van der Waals surface area contributed by atoms with E-state index in [0.717, 1.165) is 5.75 Å². The van der Waals surface area contributed by atoms with E-state index in [2.05, 4.69) is 15.3 Å². The molecule has 1 amide bonds. The van der Waals surface area contributed by atoms with E-state index in [4.69, 9.17) is 9.47 Å². The first-order valence-corrected chi connectivity index (χ1v) is 8.69. The summed E-state index contributed by atoms with van der Waals surface area (Å²) in [6.45, 7) is 6.11. The number of nitrogens with one attached hydrogen (secondary N) is 1. The van der Waals surface area contributed by atoms with E-state index in [1.165, 1.54) is 0 Å². The van der Waals surface area contributed by atoms with E-state index in [1.54, 1.807) is 38.1 Å². The molecule has 0 saturated carbocycles. The first kappa shape index (κ1) is 18.4. The molecule has 0 fully saturated rings. The molecular weight excluding hydrogens is 342 g/mol. The second-order valence-electron chi connectivity index (χ2n) is 5.88. The minimum Gasteiger partial charge on any atom is -0.494 e. The lowest BCUT2D eigenvalue weighted by atomic mass is 10.2. The van der Waals surface area contributed by atoms with Gasteiger partial charge in [0.1, 0.15) is 11.5 Å². The SMILES string of the molecule is CCOc1ccc(C(=O)Nc2c(C)nc(Oc3ccccc3)nc2C)cc1. The molecule has 27 heavy (non-hydrogen) atoms. The monoisotopic (exact) mass is 363 g/mol. The minimum atomic E-state index is -0.232. The minimum absolute atomic E-state index is 0.232. The molecule has 0 unspecified atom stereocenters. The molecule has 1 aromatic heterocycles.